The van der Waals surface area contributed by atoms with E-state index in [4.69, 9.17) is 12.7 Å². The van der Waals surface area contributed by atoms with Gasteiger partial charge < -0.3 is 0 Å². The van der Waals surface area contributed by atoms with Gasteiger partial charge in [0, 0.05) is 0 Å². The second kappa shape index (κ2) is 13.1. The van der Waals surface area contributed by atoms with Gasteiger partial charge >= 0.3 is 262 Å². The molecule has 3 aromatic rings. The molecule has 1 fully saturated rings. The zero-order valence-corrected chi connectivity index (χ0v) is 31.1. The summed E-state index contributed by atoms with van der Waals surface area (Å²) in [5, 5.41) is 2.98. The molecule has 0 aliphatic carbocycles. The summed E-state index contributed by atoms with van der Waals surface area (Å²) in [5.74, 6) is 1.86. The van der Waals surface area contributed by atoms with Crippen molar-refractivity contribution in [3.63, 3.8) is 0 Å². The fourth-order valence-electron chi connectivity index (χ4n) is 7.19. The summed E-state index contributed by atoms with van der Waals surface area (Å²) in [6, 6.07) is 27.7. The van der Waals surface area contributed by atoms with Crippen LogP contribution in [0.5, 0.6) is 0 Å². The number of benzene rings is 3. The number of urea groups is 1. The molecule has 2 amide bonds. The third kappa shape index (κ3) is 6.91. The topological polar surface area (TPSA) is 85.4 Å². The van der Waals surface area contributed by atoms with Gasteiger partial charge in [0.05, 0.1) is 0 Å². The van der Waals surface area contributed by atoms with Gasteiger partial charge in [-0.15, -0.1) is 0 Å². The number of carbonyl (C=O) groups excluding carboxylic acids is 1. The number of hydrogen-bond donors (Lipinski definition) is 0. The first kappa shape index (κ1) is 35.2. The van der Waals surface area contributed by atoms with Gasteiger partial charge in [0.15, 0.2) is 0 Å². The molecule has 0 spiro atoms. The Balaban J connectivity index is 1.53. The summed E-state index contributed by atoms with van der Waals surface area (Å²) < 4.78 is 47.7. The number of hydrogen-bond acceptors (Lipinski definition) is 6. The van der Waals surface area contributed by atoms with Crippen molar-refractivity contribution >= 4 is 47.5 Å². The van der Waals surface area contributed by atoms with Gasteiger partial charge in [0.1, 0.15) is 0 Å². The first-order valence-corrected chi connectivity index (χ1v) is 22.7. The van der Waals surface area contributed by atoms with Crippen molar-refractivity contribution in [3.05, 3.63) is 115 Å². The van der Waals surface area contributed by atoms with Crippen molar-refractivity contribution in [1.29, 1.82) is 0 Å². The minimum absolute atomic E-state index is 0.128. The van der Waals surface area contributed by atoms with E-state index < -0.39 is 37.6 Å². The normalized spacial score (nSPS) is 19.9. The Morgan fingerprint density at radius 2 is 1.38 bits per heavy atom. The van der Waals surface area contributed by atoms with E-state index in [1.165, 1.54) is 0 Å². The molecular weight excluding hydrogens is 648 g/mol. The van der Waals surface area contributed by atoms with Crippen LogP contribution in [-0.4, -0.2) is 58.0 Å². The van der Waals surface area contributed by atoms with E-state index in [2.05, 4.69) is 33.9 Å². The molecule has 3 aromatic carbocycles. The molecule has 0 N–H and O–H groups in total. The second-order valence-corrected chi connectivity index (χ2v) is 24.0. The number of fused-ring (bicyclic) bond motifs is 2. The fraction of sp³-hybridized carbons (Fsp3) is 0.361. The fourth-order valence-corrected chi connectivity index (χ4v) is 18.0. The standard InChI is InChI=1S/C36H47N2O6PSSi/c1-8-24-45(31-18-12-9-13-19-31,32-20-14-10-15-21-32,33-22-16-11-17-23-33)44-46(40,41)43-38-34-26-37(35(38)39)30(25-29(34)2)27-42-47(6,7)28-36(3,4)5/h8-25,30,34H,26-28H2,1-7H3/b24-8+/t30-,34-/m0/s1. The van der Waals surface area contributed by atoms with Crippen LogP contribution in [0.4, 0.5) is 4.79 Å². The summed E-state index contributed by atoms with van der Waals surface area (Å²) in [5.41, 5.74) is 0.968. The van der Waals surface area contributed by atoms with Crippen molar-refractivity contribution in [2.24, 2.45) is 5.41 Å². The van der Waals surface area contributed by atoms with Crippen molar-refractivity contribution in [2.45, 2.75) is 65.8 Å². The average molecular weight is 695 g/mol. The number of carbonyl (C=O) groups is 1. The number of rotatable bonds is 12. The Hall–Kier alpha value is -3.11. The molecular formula is C36H47N2O6PSSi. The molecule has 47 heavy (non-hydrogen) atoms. The Morgan fingerprint density at radius 1 is 0.894 bits per heavy atom. The summed E-state index contributed by atoms with van der Waals surface area (Å²) >= 11 is 0. The molecule has 2 atom stereocenters. The third-order valence-electron chi connectivity index (χ3n) is 8.73. The van der Waals surface area contributed by atoms with Crippen LogP contribution in [0.2, 0.25) is 19.1 Å². The predicted molar refractivity (Wildman–Crippen MR) is 194 cm³/mol. The minimum atomic E-state index is -4.88. The molecule has 2 bridgehead atoms. The molecule has 2 aliphatic heterocycles. The average Bonchev–Trinajstić information content (AvgIpc) is 3.29. The molecule has 2 heterocycles. The first-order chi connectivity index (χ1) is 22.1. The molecule has 8 nitrogen and oxygen atoms in total. The molecule has 0 unspecified atom stereocenters. The molecule has 5 rings (SSSR count). The van der Waals surface area contributed by atoms with E-state index in [-0.39, 0.29) is 11.5 Å². The predicted octanol–water partition coefficient (Wildman–Crippen LogP) is 6.86. The van der Waals surface area contributed by atoms with E-state index in [0.717, 1.165) is 16.7 Å². The Bertz CT molecular complexity index is 1640. The van der Waals surface area contributed by atoms with Crippen LogP contribution < -0.4 is 15.9 Å². The maximum atomic E-state index is 14.4. The van der Waals surface area contributed by atoms with E-state index in [9.17, 15) is 13.2 Å². The van der Waals surface area contributed by atoms with Gasteiger partial charge in [0.25, 0.3) is 0 Å². The zero-order chi connectivity index (χ0) is 34.1. The van der Waals surface area contributed by atoms with Gasteiger partial charge in [-0.25, -0.2) is 0 Å². The van der Waals surface area contributed by atoms with E-state index >= 15 is 0 Å². The first-order valence-electron chi connectivity index (χ1n) is 16.0. The van der Waals surface area contributed by atoms with Crippen LogP contribution in [0.1, 0.15) is 34.6 Å². The van der Waals surface area contributed by atoms with Crippen LogP contribution in [0.25, 0.3) is 0 Å². The molecule has 0 aromatic heterocycles. The van der Waals surface area contributed by atoms with Crippen molar-refractivity contribution in [3.8, 4) is 0 Å². The summed E-state index contributed by atoms with van der Waals surface area (Å²) in [6.07, 6.45) is 3.81. The van der Waals surface area contributed by atoms with E-state index in [1.807, 2.05) is 123 Å². The molecule has 1 saturated heterocycles. The van der Waals surface area contributed by atoms with Crippen molar-refractivity contribution in [1.82, 2.24) is 9.96 Å². The van der Waals surface area contributed by atoms with Gasteiger partial charge in [-0.3, -0.25) is 0 Å². The van der Waals surface area contributed by atoms with Gasteiger partial charge in [-0.2, -0.15) is 0 Å². The molecule has 11 heteroatoms. The molecule has 0 saturated carbocycles. The monoisotopic (exact) mass is 694 g/mol. The summed E-state index contributed by atoms with van der Waals surface area (Å²) in [6.45, 7) is 10.9. The summed E-state index contributed by atoms with van der Waals surface area (Å²) in [4.78, 5) is 15.5. The van der Waals surface area contributed by atoms with Crippen LogP contribution in [-0.2, 0) is 23.1 Å². The van der Waals surface area contributed by atoms with Crippen LogP contribution in [0.15, 0.2) is 115 Å². The quantitative estimate of drug-likeness (QED) is 0.117. The van der Waals surface area contributed by atoms with Gasteiger partial charge in [-0.05, 0) is 0 Å². The Kier molecular flexibility index (Phi) is 9.79. The van der Waals surface area contributed by atoms with E-state index in [0.29, 0.717) is 29.1 Å². The number of nitrogens with zero attached hydrogens (tertiary/aromatic N) is 2. The second-order valence-electron chi connectivity index (χ2n) is 14.2. The SMILES string of the molecule is C/C=C/P(OS(=O)(=O)ON1C(=O)N2C[C@H]1C(C)=C[C@H]2CO[Si](C)(C)CC(C)(C)C)(c1ccccc1)(c1ccccc1)c1ccccc1. The van der Waals surface area contributed by atoms with Crippen molar-refractivity contribution < 1.29 is 25.9 Å². The summed E-state index contributed by atoms with van der Waals surface area (Å²) in [7, 11) is -6.90. The molecule has 252 valence electrons. The van der Waals surface area contributed by atoms with Crippen molar-refractivity contribution in [2.75, 3.05) is 13.2 Å². The number of allylic oxidation sites excluding steroid dienone is 1. The molecule has 0 radical (unpaired) electrons. The van der Waals surface area contributed by atoms with Gasteiger partial charge in [0.2, 0.25) is 0 Å². The van der Waals surface area contributed by atoms with E-state index in [1.54, 1.807) is 4.90 Å². The zero-order valence-electron chi connectivity index (χ0n) is 28.4. The molecule has 2 aliphatic rings. The van der Waals surface area contributed by atoms with Crippen LogP contribution >= 0.6 is 6.83 Å². The van der Waals surface area contributed by atoms with Crippen LogP contribution in [0, 0.1) is 5.41 Å². The Labute approximate surface area is 281 Å². The van der Waals surface area contributed by atoms with Gasteiger partial charge in [-0.1, -0.05) is 20.8 Å². The number of amides is 2. The third-order valence-corrected chi connectivity index (χ3v) is 18.7. The maximum absolute atomic E-state index is 14.4. The number of hydroxylamine groups is 2. The Morgan fingerprint density at radius 3 is 1.83 bits per heavy atom. The van der Waals surface area contributed by atoms with Crippen LogP contribution in [0.3, 0.4) is 0 Å².